The van der Waals surface area contributed by atoms with Crippen LogP contribution in [0.3, 0.4) is 0 Å². The molecule has 2 heterocycles. The Morgan fingerprint density at radius 3 is 2.50 bits per heavy atom. The van der Waals surface area contributed by atoms with E-state index in [1.165, 1.54) is 6.07 Å². The highest BCUT2D eigenvalue weighted by atomic mass is 19.1. The minimum atomic E-state index is -0.623. The van der Waals surface area contributed by atoms with Gasteiger partial charge in [0.15, 0.2) is 11.6 Å². The number of nitriles is 1. The lowest BCUT2D eigenvalue weighted by Crippen LogP contribution is -2.43. The fourth-order valence-electron chi connectivity index (χ4n) is 4.55. The average Bonchev–Trinajstić information content (AvgIpc) is 3.40. The number of halogens is 1. The monoisotopic (exact) mass is 570 g/mol. The molecule has 4 rings (SSSR count). The number of nitrogens with zero attached hydrogens (tertiary/aromatic N) is 4. The Morgan fingerprint density at radius 2 is 1.83 bits per heavy atom. The maximum atomic E-state index is 15.1. The molecule has 0 fully saturated rings. The number of unbranched alkanes of at least 4 members (excludes halogenated alkanes) is 1. The minimum Gasteiger partial charge on any atom is -0.491 e. The van der Waals surface area contributed by atoms with Crippen LogP contribution >= 0.6 is 0 Å². The Kier molecular flexibility index (Phi) is 10.0. The van der Waals surface area contributed by atoms with Crippen molar-refractivity contribution in [2.75, 3.05) is 19.8 Å². The molecule has 2 aromatic carbocycles. The Balaban J connectivity index is 1.78. The van der Waals surface area contributed by atoms with Crippen LogP contribution in [0.25, 0.3) is 23.0 Å². The van der Waals surface area contributed by atoms with E-state index in [1.54, 1.807) is 36.0 Å². The number of amides is 2. The second-order valence-electron chi connectivity index (χ2n) is 10.3. The van der Waals surface area contributed by atoms with Gasteiger partial charge in [-0.25, -0.2) is 9.07 Å². The van der Waals surface area contributed by atoms with E-state index in [0.29, 0.717) is 36.5 Å². The van der Waals surface area contributed by atoms with Crippen molar-refractivity contribution in [1.82, 2.24) is 14.7 Å². The van der Waals surface area contributed by atoms with Gasteiger partial charge in [-0.1, -0.05) is 31.5 Å². The van der Waals surface area contributed by atoms with Crippen LogP contribution in [-0.4, -0.2) is 52.4 Å². The van der Waals surface area contributed by atoms with Crippen molar-refractivity contribution < 1.29 is 23.5 Å². The molecule has 1 aliphatic heterocycles. The molecule has 9 heteroatoms. The molecule has 0 spiro atoms. The zero-order valence-electron chi connectivity index (χ0n) is 24.4. The lowest BCUT2D eigenvalue weighted by atomic mass is 9.93. The summed E-state index contributed by atoms with van der Waals surface area (Å²) in [7, 11) is 0. The number of benzene rings is 2. The van der Waals surface area contributed by atoms with Gasteiger partial charge in [0.25, 0.3) is 11.8 Å². The Hall–Kier alpha value is -4.55. The standard InChI is InChI=1S/C33H35FN4O4/c1-5-6-16-42-30-14-13-24(19-29(30)34)31-25(21-38(36-31)26-11-8-7-9-12-26)18-27-23(4)28(20-35)33(40)37(32(27)39)15-10-17-41-22(2)3/h7-9,11-14,18-19,21-22H,5-6,10,15-17H2,1-4H3/b27-18+. The summed E-state index contributed by atoms with van der Waals surface area (Å²) in [6.07, 6.45) is 5.56. The quantitative estimate of drug-likeness (QED) is 0.145. The molecule has 0 unspecified atom stereocenters. The highest BCUT2D eigenvalue weighted by Crippen LogP contribution is 2.33. The fraction of sp³-hybridized carbons (Fsp3) is 0.333. The van der Waals surface area contributed by atoms with E-state index in [2.05, 4.69) is 0 Å². The van der Waals surface area contributed by atoms with Gasteiger partial charge in [-0.05, 0) is 75.6 Å². The smallest absolute Gasteiger partial charge is 0.271 e. The average molecular weight is 571 g/mol. The molecule has 2 amide bonds. The van der Waals surface area contributed by atoms with E-state index < -0.39 is 17.6 Å². The van der Waals surface area contributed by atoms with Crippen molar-refractivity contribution in [2.24, 2.45) is 0 Å². The van der Waals surface area contributed by atoms with Gasteiger partial charge in [0.05, 0.1) is 18.4 Å². The number of hydrogen-bond donors (Lipinski definition) is 0. The predicted molar refractivity (Wildman–Crippen MR) is 158 cm³/mol. The van der Waals surface area contributed by atoms with Crippen LogP contribution in [0.2, 0.25) is 0 Å². The summed E-state index contributed by atoms with van der Waals surface area (Å²) in [6.45, 7) is 8.33. The van der Waals surface area contributed by atoms with Crippen LogP contribution in [0.4, 0.5) is 4.39 Å². The molecule has 0 bridgehead atoms. The molecule has 42 heavy (non-hydrogen) atoms. The maximum Gasteiger partial charge on any atom is 0.271 e. The van der Waals surface area contributed by atoms with Gasteiger partial charge >= 0.3 is 0 Å². The number of carbonyl (C=O) groups excluding carboxylic acids is 2. The summed E-state index contributed by atoms with van der Waals surface area (Å²) in [5.74, 6) is -1.49. The lowest BCUT2D eigenvalue weighted by molar-refractivity contribution is -0.140. The molecular weight excluding hydrogens is 535 g/mol. The number of rotatable bonds is 12. The van der Waals surface area contributed by atoms with Crippen molar-refractivity contribution in [1.29, 1.82) is 5.26 Å². The molecular formula is C33H35FN4O4. The van der Waals surface area contributed by atoms with E-state index in [-0.39, 0.29) is 35.1 Å². The number of para-hydroxylation sites is 1. The summed E-state index contributed by atoms with van der Waals surface area (Å²) >= 11 is 0. The van der Waals surface area contributed by atoms with Gasteiger partial charge in [0, 0.05) is 36.0 Å². The fourth-order valence-corrected chi connectivity index (χ4v) is 4.55. The number of carbonyl (C=O) groups is 2. The molecule has 8 nitrogen and oxygen atoms in total. The third-order valence-electron chi connectivity index (χ3n) is 6.83. The van der Waals surface area contributed by atoms with Crippen LogP contribution in [0.1, 0.15) is 52.5 Å². The molecule has 1 aliphatic rings. The third kappa shape index (κ3) is 6.84. The molecule has 3 aromatic rings. The van der Waals surface area contributed by atoms with Gasteiger partial charge < -0.3 is 9.47 Å². The first-order valence-electron chi connectivity index (χ1n) is 14.1. The van der Waals surface area contributed by atoms with Gasteiger partial charge in [0.2, 0.25) is 0 Å². The van der Waals surface area contributed by atoms with Gasteiger partial charge in [-0.15, -0.1) is 0 Å². The molecule has 1 aromatic heterocycles. The summed E-state index contributed by atoms with van der Waals surface area (Å²) in [6, 6.07) is 16.0. The van der Waals surface area contributed by atoms with Crippen LogP contribution in [-0.2, 0) is 14.3 Å². The second-order valence-corrected chi connectivity index (χ2v) is 10.3. The van der Waals surface area contributed by atoms with Gasteiger partial charge in [0.1, 0.15) is 17.3 Å². The van der Waals surface area contributed by atoms with Crippen molar-refractivity contribution in [3.8, 4) is 28.8 Å². The number of hydrogen-bond acceptors (Lipinski definition) is 6. The van der Waals surface area contributed by atoms with Crippen molar-refractivity contribution >= 4 is 17.9 Å². The molecule has 0 saturated carbocycles. The normalized spacial score (nSPS) is 14.7. The molecule has 0 radical (unpaired) electrons. The molecule has 218 valence electrons. The maximum absolute atomic E-state index is 15.1. The summed E-state index contributed by atoms with van der Waals surface area (Å²) in [5.41, 5.74) is 2.60. The van der Waals surface area contributed by atoms with Crippen molar-refractivity contribution in [3.05, 3.63) is 82.8 Å². The van der Waals surface area contributed by atoms with Gasteiger partial charge in [-0.3, -0.25) is 14.5 Å². The minimum absolute atomic E-state index is 0.0198. The number of imide groups is 1. The van der Waals surface area contributed by atoms with E-state index >= 15 is 4.39 Å². The Labute approximate surface area is 245 Å². The van der Waals surface area contributed by atoms with Crippen LogP contribution in [0.5, 0.6) is 5.75 Å². The van der Waals surface area contributed by atoms with E-state index in [9.17, 15) is 14.9 Å². The highest BCUT2D eigenvalue weighted by molar-refractivity contribution is 6.19. The zero-order chi connectivity index (χ0) is 30.2. The van der Waals surface area contributed by atoms with E-state index in [4.69, 9.17) is 14.6 Å². The first-order chi connectivity index (χ1) is 20.2. The zero-order valence-corrected chi connectivity index (χ0v) is 24.4. The summed E-state index contributed by atoms with van der Waals surface area (Å²) in [5, 5.41) is 14.5. The van der Waals surface area contributed by atoms with Crippen LogP contribution < -0.4 is 4.74 Å². The lowest BCUT2D eigenvalue weighted by Gasteiger charge is -2.27. The second kappa shape index (κ2) is 13.9. The van der Waals surface area contributed by atoms with Crippen molar-refractivity contribution in [2.45, 2.75) is 53.1 Å². The molecule has 0 atom stereocenters. The van der Waals surface area contributed by atoms with E-state index in [1.807, 2.05) is 57.2 Å². The SMILES string of the molecule is CCCCOc1ccc(-c2nn(-c3ccccc3)cc2/C=C2/C(=O)N(CCCOC(C)C)C(=O)C(C#N)=C2C)cc1F. The third-order valence-corrected chi connectivity index (χ3v) is 6.83. The molecule has 0 saturated heterocycles. The van der Waals surface area contributed by atoms with Crippen LogP contribution in [0.15, 0.2) is 71.4 Å². The molecule has 0 aliphatic carbocycles. The molecule has 0 N–H and O–H groups in total. The Morgan fingerprint density at radius 1 is 1.07 bits per heavy atom. The highest BCUT2D eigenvalue weighted by Gasteiger charge is 2.35. The van der Waals surface area contributed by atoms with E-state index in [0.717, 1.165) is 23.4 Å². The summed E-state index contributed by atoms with van der Waals surface area (Å²) in [4.78, 5) is 27.8. The topological polar surface area (TPSA) is 97.4 Å². The van der Waals surface area contributed by atoms with Gasteiger partial charge in [-0.2, -0.15) is 10.4 Å². The summed E-state index contributed by atoms with van der Waals surface area (Å²) < 4.78 is 27.9. The number of ether oxygens (including phenoxy) is 2. The number of aromatic nitrogens is 2. The van der Waals surface area contributed by atoms with Crippen LogP contribution in [0, 0.1) is 17.1 Å². The Bertz CT molecular complexity index is 1550. The predicted octanol–water partition coefficient (Wildman–Crippen LogP) is 6.26. The largest absolute Gasteiger partial charge is 0.491 e. The van der Waals surface area contributed by atoms with Crippen molar-refractivity contribution in [3.63, 3.8) is 0 Å². The first kappa shape index (κ1) is 30.4. The first-order valence-corrected chi connectivity index (χ1v) is 14.1.